The van der Waals surface area contributed by atoms with Gasteiger partial charge in [0.25, 0.3) is 0 Å². The maximum atomic E-state index is 11.0. The third kappa shape index (κ3) is 3.52. The molecule has 0 bridgehead atoms. The Balaban J connectivity index is 2.03. The fourth-order valence-electron chi connectivity index (χ4n) is 2.73. The fourth-order valence-corrected chi connectivity index (χ4v) is 2.73. The van der Waals surface area contributed by atoms with Crippen molar-refractivity contribution in [1.29, 1.82) is 0 Å². The summed E-state index contributed by atoms with van der Waals surface area (Å²) >= 11 is 0. The first-order chi connectivity index (χ1) is 9.08. The highest BCUT2D eigenvalue weighted by atomic mass is 16.6. The summed E-state index contributed by atoms with van der Waals surface area (Å²) in [5.41, 5.74) is 1.17. The topological polar surface area (TPSA) is 66.6 Å². The number of hydrogen-bond donors (Lipinski definition) is 1. The summed E-state index contributed by atoms with van der Waals surface area (Å²) in [5, 5.41) is 21.1. The van der Waals surface area contributed by atoms with E-state index in [1.54, 1.807) is 0 Å². The number of rotatable bonds is 3. The van der Waals surface area contributed by atoms with Crippen LogP contribution in [0.1, 0.15) is 18.9 Å². The predicted octanol–water partition coefficient (Wildman–Crippen LogP) is 1.53. The Hall–Kier alpha value is -1.46. The van der Waals surface area contributed by atoms with Crippen LogP contribution in [0.2, 0.25) is 0 Å². The van der Waals surface area contributed by atoms with Gasteiger partial charge in [0.15, 0.2) is 0 Å². The van der Waals surface area contributed by atoms with E-state index in [2.05, 4.69) is 4.90 Å². The van der Waals surface area contributed by atoms with Crippen molar-refractivity contribution in [3.05, 3.63) is 46.0 Å². The molecule has 0 amide bonds. The van der Waals surface area contributed by atoms with E-state index in [4.69, 9.17) is 0 Å². The summed E-state index contributed by atoms with van der Waals surface area (Å²) in [4.78, 5) is 12.8. The molecule has 5 nitrogen and oxygen atoms in total. The van der Waals surface area contributed by atoms with E-state index in [1.807, 2.05) is 37.3 Å². The van der Waals surface area contributed by atoms with Gasteiger partial charge in [-0.3, -0.25) is 15.0 Å². The van der Waals surface area contributed by atoms with Crippen molar-refractivity contribution < 1.29 is 10.0 Å². The van der Waals surface area contributed by atoms with Gasteiger partial charge >= 0.3 is 0 Å². The molecule has 0 aliphatic carbocycles. The summed E-state index contributed by atoms with van der Waals surface area (Å²) in [6.07, 6.45) is -0.147. The second-order valence-corrected chi connectivity index (χ2v) is 5.33. The highest BCUT2D eigenvalue weighted by Crippen LogP contribution is 2.21. The summed E-state index contributed by atoms with van der Waals surface area (Å²) in [6, 6.07) is 9.14. The molecule has 5 heteroatoms. The zero-order chi connectivity index (χ0) is 13.8. The standard InChI is InChI=1S/C14H20N2O3/c1-11-7-8-15(9-12-5-3-2-4-6-12)10-13(17)14(11)16(18)19/h2-6,11,13-14,17H,7-10H2,1H3/t11-,13+,14+/m1/s1. The Morgan fingerprint density at radius 3 is 2.74 bits per heavy atom. The minimum absolute atomic E-state index is 0.0919. The summed E-state index contributed by atoms with van der Waals surface area (Å²) in [5.74, 6) is -0.0919. The van der Waals surface area contributed by atoms with Gasteiger partial charge in [-0.1, -0.05) is 37.3 Å². The van der Waals surface area contributed by atoms with E-state index in [-0.39, 0.29) is 10.8 Å². The largest absolute Gasteiger partial charge is 0.385 e. The summed E-state index contributed by atoms with van der Waals surface area (Å²) < 4.78 is 0. The van der Waals surface area contributed by atoms with Crippen LogP contribution in [0.5, 0.6) is 0 Å². The van der Waals surface area contributed by atoms with Crippen LogP contribution in [0.4, 0.5) is 0 Å². The van der Waals surface area contributed by atoms with Crippen LogP contribution < -0.4 is 0 Å². The molecule has 2 rings (SSSR count). The van der Waals surface area contributed by atoms with Crippen LogP contribution >= 0.6 is 0 Å². The lowest BCUT2D eigenvalue weighted by atomic mass is 9.96. The number of β-amino-alcohol motifs (C(OH)–C–C–N with tert-alkyl or cyclic N) is 1. The van der Waals surface area contributed by atoms with Crippen molar-refractivity contribution in [1.82, 2.24) is 4.90 Å². The maximum Gasteiger partial charge on any atom is 0.242 e. The van der Waals surface area contributed by atoms with Gasteiger partial charge in [-0.25, -0.2) is 0 Å². The molecular weight excluding hydrogens is 244 g/mol. The Bertz CT molecular complexity index is 424. The van der Waals surface area contributed by atoms with Gasteiger partial charge in [-0.2, -0.15) is 0 Å². The molecule has 1 aromatic carbocycles. The van der Waals surface area contributed by atoms with E-state index < -0.39 is 12.1 Å². The minimum Gasteiger partial charge on any atom is -0.385 e. The molecule has 1 heterocycles. The number of aliphatic hydroxyl groups is 1. The van der Waals surface area contributed by atoms with Gasteiger partial charge in [0, 0.05) is 23.9 Å². The molecule has 1 N–H and O–H groups in total. The Kier molecular flexibility index (Phi) is 4.50. The van der Waals surface area contributed by atoms with E-state index >= 15 is 0 Å². The third-order valence-electron chi connectivity index (χ3n) is 3.82. The number of benzene rings is 1. The molecule has 1 aromatic rings. The van der Waals surface area contributed by atoms with Crippen LogP contribution in [-0.2, 0) is 6.54 Å². The highest BCUT2D eigenvalue weighted by Gasteiger charge is 2.38. The van der Waals surface area contributed by atoms with Gasteiger partial charge in [0.05, 0.1) is 0 Å². The molecule has 0 radical (unpaired) electrons. The smallest absolute Gasteiger partial charge is 0.242 e. The zero-order valence-corrected chi connectivity index (χ0v) is 11.1. The Labute approximate surface area is 113 Å². The molecule has 3 atom stereocenters. The van der Waals surface area contributed by atoms with Crippen molar-refractivity contribution in [3.8, 4) is 0 Å². The lowest BCUT2D eigenvalue weighted by Crippen LogP contribution is -2.42. The molecule has 1 aliphatic rings. The molecule has 1 fully saturated rings. The van der Waals surface area contributed by atoms with Crippen LogP contribution in [0.3, 0.4) is 0 Å². The average molecular weight is 264 g/mol. The molecule has 19 heavy (non-hydrogen) atoms. The first kappa shape index (κ1) is 14.0. The van der Waals surface area contributed by atoms with E-state index in [1.165, 1.54) is 5.56 Å². The number of hydrogen-bond acceptors (Lipinski definition) is 4. The van der Waals surface area contributed by atoms with Gasteiger partial charge in [-0.05, 0) is 18.5 Å². The Morgan fingerprint density at radius 2 is 2.11 bits per heavy atom. The predicted molar refractivity (Wildman–Crippen MR) is 72.3 cm³/mol. The van der Waals surface area contributed by atoms with Gasteiger partial charge in [-0.15, -0.1) is 0 Å². The Morgan fingerprint density at radius 1 is 1.42 bits per heavy atom. The van der Waals surface area contributed by atoms with Crippen molar-refractivity contribution in [2.45, 2.75) is 32.0 Å². The zero-order valence-electron chi connectivity index (χ0n) is 11.1. The van der Waals surface area contributed by atoms with Crippen molar-refractivity contribution in [3.63, 3.8) is 0 Å². The number of likely N-dealkylation sites (tertiary alicyclic amines) is 1. The van der Waals surface area contributed by atoms with E-state index in [0.717, 1.165) is 19.5 Å². The SMILES string of the molecule is C[C@@H]1CCN(Cc2ccccc2)C[C@H](O)[C@H]1[N+](=O)[O-]. The number of nitro groups is 1. The summed E-state index contributed by atoms with van der Waals surface area (Å²) in [7, 11) is 0. The van der Waals surface area contributed by atoms with E-state index in [9.17, 15) is 15.2 Å². The average Bonchev–Trinajstić information content (AvgIpc) is 2.49. The molecule has 104 valence electrons. The quantitative estimate of drug-likeness (QED) is 0.664. The van der Waals surface area contributed by atoms with Gasteiger partial charge in [0.1, 0.15) is 6.10 Å². The summed E-state index contributed by atoms with van der Waals surface area (Å²) in [6.45, 7) is 3.74. The number of nitrogens with zero attached hydrogens (tertiary/aromatic N) is 2. The first-order valence-corrected chi connectivity index (χ1v) is 6.65. The second-order valence-electron chi connectivity index (χ2n) is 5.33. The van der Waals surface area contributed by atoms with Crippen LogP contribution in [0.15, 0.2) is 30.3 Å². The molecule has 1 saturated heterocycles. The lowest BCUT2D eigenvalue weighted by molar-refractivity contribution is -0.542. The molecule has 0 unspecified atom stereocenters. The van der Waals surface area contributed by atoms with E-state index in [0.29, 0.717) is 6.54 Å². The van der Waals surface area contributed by atoms with Gasteiger partial charge in [0.2, 0.25) is 6.04 Å². The lowest BCUT2D eigenvalue weighted by Gasteiger charge is -2.22. The van der Waals surface area contributed by atoms with Crippen molar-refractivity contribution >= 4 is 0 Å². The molecular formula is C14H20N2O3. The van der Waals surface area contributed by atoms with Crippen LogP contribution in [0, 0.1) is 16.0 Å². The number of aliphatic hydroxyl groups excluding tert-OH is 1. The fraction of sp³-hybridized carbons (Fsp3) is 0.571. The van der Waals surface area contributed by atoms with Crippen LogP contribution in [-0.4, -0.2) is 40.2 Å². The maximum absolute atomic E-state index is 11.0. The monoisotopic (exact) mass is 264 g/mol. The molecule has 1 aliphatic heterocycles. The normalized spacial score (nSPS) is 28.8. The molecule has 0 aromatic heterocycles. The van der Waals surface area contributed by atoms with Gasteiger partial charge < -0.3 is 5.11 Å². The molecule has 0 spiro atoms. The van der Waals surface area contributed by atoms with Crippen molar-refractivity contribution in [2.24, 2.45) is 5.92 Å². The highest BCUT2D eigenvalue weighted by molar-refractivity contribution is 5.14. The molecule has 0 saturated carbocycles. The van der Waals surface area contributed by atoms with Crippen molar-refractivity contribution in [2.75, 3.05) is 13.1 Å². The first-order valence-electron chi connectivity index (χ1n) is 6.65. The van der Waals surface area contributed by atoms with Crippen LogP contribution in [0.25, 0.3) is 0 Å². The second kappa shape index (κ2) is 6.12. The minimum atomic E-state index is -0.892. The third-order valence-corrected chi connectivity index (χ3v) is 3.82.